The van der Waals surface area contributed by atoms with Gasteiger partial charge >= 0.3 is 0 Å². The minimum absolute atomic E-state index is 0.239. The summed E-state index contributed by atoms with van der Waals surface area (Å²) in [6.07, 6.45) is 4.26. The first-order chi connectivity index (χ1) is 13.2. The molecular weight excluding hydrogens is 338 g/mol. The lowest BCUT2D eigenvalue weighted by molar-refractivity contribution is 0.0817. The molecule has 27 heavy (non-hydrogen) atoms. The third kappa shape index (κ3) is 2.82. The highest BCUT2D eigenvalue weighted by molar-refractivity contribution is 5.86. The number of tetrazole rings is 1. The molecule has 2 aliphatic rings. The fourth-order valence-electron chi connectivity index (χ4n) is 4.00. The summed E-state index contributed by atoms with van der Waals surface area (Å²) in [6, 6.07) is 16.7. The smallest absolute Gasteiger partial charge is 0.181 e. The number of ether oxygens (including phenoxy) is 1. The van der Waals surface area contributed by atoms with Gasteiger partial charge in [-0.05, 0) is 52.9 Å². The Morgan fingerprint density at radius 1 is 1.04 bits per heavy atom. The predicted octanol–water partition coefficient (Wildman–Crippen LogP) is 2.82. The van der Waals surface area contributed by atoms with Crippen molar-refractivity contribution in [3.63, 3.8) is 0 Å². The van der Waals surface area contributed by atoms with Gasteiger partial charge in [-0.1, -0.05) is 36.4 Å². The summed E-state index contributed by atoms with van der Waals surface area (Å²) < 4.78 is 8.18. The molecule has 1 saturated heterocycles. The molecule has 1 aromatic heterocycles. The molecular formula is C21H21N5O. The molecule has 0 aliphatic carbocycles. The quantitative estimate of drug-likeness (QED) is 0.762. The van der Waals surface area contributed by atoms with Gasteiger partial charge in [0, 0.05) is 31.0 Å². The average molecular weight is 359 g/mol. The van der Waals surface area contributed by atoms with Crippen molar-refractivity contribution < 1.29 is 4.74 Å². The molecule has 3 heterocycles. The summed E-state index contributed by atoms with van der Waals surface area (Å²) in [6.45, 7) is 1.94. The van der Waals surface area contributed by atoms with Gasteiger partial charge in [0.1, 0.15) is 11.4 Å². The van der Waals surface area contributed by atoms with Crippen LogP contribution in [0.3, 0.4) is 0 Å². The molecule has 0 unspecified atom stereocenters. The number of rotatable bonds is 2. The third-order valence-corrected chi connectivity index (χ3v) is 5.40. The summed E-state index contributed by atoms with van der Waals surface area (Å²) in [4.78, 5) is 0. The topological polar surface area (TPSA) is 64.9 Å². The Balaban J connectivity index is 1.65. The van der Waals surface area contributed by atoms with E-state index in [0.717, 1.165) is 54.2 Å². The number of para-hydroxylation sites is 1. The lowest BCUT2D eigenvalue weighted by Gasteiger charge is -2.40. The molecule has 6 heteroatoms. The van der Waals surface area contributed by atoms with Crippen molar-refractivity contribution in [2.24, 2.45) is 7.05 Å². The third-order valence-electron chi connectivity index (χ3n) is 5.40. The molecule has 136 valence electrons. The number of nitrogens with zero attached hydrogens (tertiary/aromatic N) is 4. The Kier molecular flexibility index (Phi) is 3.79. The van der Waals surface area contributed by atoms with E-state index >= 15 is 0 Å². The van der Waals surface area contributed by atoms with E-state index in [1.165, 1.54) is 5.57 Å². The lowest BCUT2D eigenvalue weighted by Crippen LogP contribution is -2.46. The van der Waals surface area contributed by atoms with Gasteiger partial charge in [-0.15, -0.1) is 5.10 Å². The highest BCUT2D eigenvalue weighted by atomic mass is 16.5. The maximum absolute atomic E-state index is 6.48. The van der Waals surface area contributed by atoms with Crippen LogP contribution in [0.2, 0.25) is 0 Å². The summed E-state index contributed by atoms with van der Waals surface area (Å²) in [5.74, 6) is 1.72. The Morgan fingerprint density at radius 2 is 1.85 bits per heavy atom. The van der Waals surface area contributed by atoms with Crippen LogP contribution in [0.15, 0.2) is 54.6 Å². The molecule has 1 spiro atoms. The van der Waals surface area contributed by atoms with E-state index in [1.54, 1.807) is 4.68 Å². The maximum atomic E-state index is 6.48. The van der Waals surface area contributed by atoms with Gasteiger partial charge in [0.15, 0.2) is 5.82 Å². The second-order valence-electron chi connectivity index (χ2n) is 7.18. The fourth-order valence-corrected chi connectivity index (χ4v) is 4.00. The van der Waals surface area contributed by atoms with Crippen molar-refractivity contribution in [1.29, 1.82) is 0 Å². The minimum Gasteiger partial charge on any atom is -0.482 e. The van der Waals surface area contributed by atoms with Crippen LogP contribution in [-0.4, -0.2) is 38.9 Å². The highest BCUT2D eigenvalue weighted by Crippen LogP contribution is 2.42. The summed E-state index contributed by atoms with van der Waals surface area (Å²) in [5, 5.41) is 15.3. The first-order valence-electron chi connectivity index (χ1n) is 9.29. The minimum atomic E-state index is -0.239. The standard InChI is InChI=1S/C21H21N5O/c1-26-20(23-24-25-26)16-6-4-5-15(13-16)18-14-21(9-11-22-12-10-21)27-19-8-3-2-7-17(18)19/h2-8,13-14,22H,9-12H2,1H3. The van der Waals surface area contributed by atoms with Crippen LogP contribution >= 0.6 is 0 Å². The molecule has 1 N–H and O–H groups in total. The van der Waals surface area contributed by atoms with Crippen molar-refractivity contribution in [2.45, 2.75) is 18.4 Å². The highest BCUT2D eigenvalue weighted by Gasteiger charge is 2.36. The van der Waals surface area contributed by atoms with Crippen LogP contribution < -0.4 is 10.1 Å². The number of fused-ring (bicyclic) bond motifs is 1. The number of nitrogens with one attached hydrogen (secondary N) is 1. The molecule has 0 atom stereocenters. The van der Waals surface area contributed by atoms with Crippen LogP contribution in [0.25, 0.3) is 17.0 Å². The number of aromatic nitrogens is 4. The molecule has 0 saturated carbocycles. The van der Waals surface area contributed by atoms with Crippen molar-refractivity contribution in [3.8, 4) is 17.1 Å². The van der Waals surface area contributed by atoms with Crippen molar-refractivity contribution in [2.75, 3.05) is 13.1 Å². The van der Waals surface area contributed by atoms with Crippen molar-refractivity contribution >= 4 is 5.57 Å². The van der Waals surface area contributed by atoms with E-state index < -0.39 is 0 Å². The Bertz CT molecular complexity index is 1020. The maximum Gasteiger partial charge on any atom is 0.181 e. The van der Waals surface area contributed by atoms with Crippen LogP contribution in [0, 0.1) is 0 Å². The van der Waals surface area contributed by atoms with Gasteiger partial charge in [-0.3, -0.25) is 0 Å². The molecule has 1 fully saturated rings. The second kappa shape index (κ2) is 6.32. The van der Waals surface area contributed by atoms with Gasteiger partial charge in [0.05, 0.1) is 0 Å². The predicted molar refractivity (Wildman–Crippen MR) is 103 cm³/mol. The first-order valence-corrected chi connectivity index (χ1v) is 9.29. The summed E-state index contributed by atoms with van der Waals surface area (Å²) >= 11 is 0. The van der Waals surface area contributed by atoms with E-state index in [0.29, 0.717) is 0 Å². The van der Waals surface area contributed by atoms with E-state index in [9.17, 15) is 0 Å². The van der Waals surface area contributed by atoms with E-state index in [4.69, 9.17) is 4.74 Å². The Labute approximate surface area is 157 Å². The lowest BCUT2D eigenvalue weighted by atomic mass is 9.83. The normalized spacial score (nSPS) is 17.9. The average Bonchev–Trinajstić information content (AvgIpc) is 3.14. The van der Waals surface area contributed by atoms with Crippen LogP contribution in [0.5, 0.6) is 5.75 Å². The monoisotopic (exact) mass is 359 g/mol. The van der Waals surface area contributed by atoms with Gasteiger partial charge in [0.25, 0.3) is 0 Å². The fraction of sp³-hybridized carbons (Fsp3) is 0.286. The molecule has 2 aromatic carbocycles. The zero-order chi connectivity index (χ0) is 18.3. The van der Waals surface area contributed by atoms with Gasteiger partial charge < -0.3 is 10.1 Å². The zero-order valence-corrected chi connectivity index (χ0v) is 15.2. The van der Waals surface area contributed by atoms with Crippen molar-refractivity contribution in [3.05, 3.63) is 65.7 Å². The number of hydrogen-bond acceptors (Lipinski definition) is 5. The molecule has 0 bridgehead atoms. The second-order valence-corrected chi connectivity index (χ2v) is 7.18. The van der Waals surface area contributed by atoms with Crippen LogP contribution in [0.1, 0.15) is 24.0 Å². The number of piperidine rings is 1. The summed E-state index contributed by atoms with van der Waals surface area (Å²) in [5.41, 5.74) is 4.27. The Hall–Kier alpha value is -2.99. The molecule has 5 rings (SSSR count). The van der Waals surface area contributed by atoms with Gasteiger partial charge in [0.2, 0.25) is 0 Å². The molecule has 0 radical (unpaired) electrons. The van der Waals surface area contributed by atoms with Crippen LogP contribution in [0.4, 0.5) is 0 Å². The van der Waals surface area contributed by atoms with E-state index in [1.807, 2.05) is 19.2 Å². The van der Waals surface area contributed by atoms with Crippen LogP contribution in [-0.2, 0) is 7.05 Å². The summed E-state index contributed by atoms with van der Waals surface area (Å²) in [7, 11) is 1.86. The number of aryl methyl sites for hydroxylation is 1. The SMILES string of the molecule is Cn1nnnc1-c1cccc(C2=CC3(CCNCC3)Oc3ccccc32)c1. The van der Waals surface area contributed by atoms with Crippen molar-refractivity contribution in [1.82, 2.24) is 25.5 Å². The molecule has 0 amide bonds. The number of benzene rings is 2. The number of hydrogen-bond donors (Lipinski definition) is 1. The zero-order valence-electron chi connectivity index (χ0n) is 15.2. The van der Waals surface area contributed by atoms with Gasteiger partial charge in [-0.25, -0.2) is 4.68 Å². The Morgan fingerprint density at radius 3 is 2.67 bits per heavy atom. The first kappa shape index (κ1) is 16.2. The molecule has 2 aliphatic heterocycles. The largest absolute Gasteiger partial charge is 0.482 e. The van der Waals surface area contributed by atoms with E-state index in [2.05, 4.69) is 63.3 Å². The van der Waals surface area contributed by atoms with E-state index in [-0.39, 0.29) is 5.60 Å². The molecule has 6 nitrogen and oxygen atoms in total. The molecule has 3 aromatic rings. The van der Waals surface area contributed by atoms with Gasteiger partial charge in [-0.2, -0.15) is 0 Å².